The van der Waals surface area contributed by atoms with E-state index in [4.69, 9.17) is 0 Å². The van der Waals surface area contributed by atoms with Crippen LogP contribution in [0.25, 0.3) is 11.1 Å². The molecular formula is C20H22FNO. The summed E-state index contributed by atoms with van der Waals surface area (Å²) in [4.78, 5) is 14.3. The lowest BCUT2D eigenvalue weighted by atomic mass is 9.94. The first-order chi connectivity index (χ1) is 11.1. The van der Waals surface area contributed by atoms with Crippen molar-refractivity contribution in [3.05, 3.63) is 59.4 Å². The molecule has 1 saturated heterocycles. The highest BCUT2D eigenvalue weighted by Crippen LogP contribution is 2.30. The number of benzene rings is 2. The summed E-state index contributed by atoms with van der Waals surface area (Å²) in [5.74, 6) is -0.360. The fourth-order valence-electron chi connectivity index (χ4n) is 3.37. The van der Waals surface area contributed by atoms with Crippen molar-refractivity contribution in [1.29, 1.82) is 0 Å². The average molecular weight is 311 g/mol. The van der Waals surface area contributed by atoms with Crippen molar-refractivity contribution in [2.24, 2.45) is 0 Å². The van der Waals surface area contributed by atoms with Gasteiger partial charge in [-0.15, -0.1) is 0 Å². The number of carbonyl (C=O) groups is 1. The highest BCUT2D eigenvalue weighted by Gasteiger charge is 2.20. The Morgan fingerprint density at radius 2 is 1.87 bits per heavy atom. The van der Waals surface area contributed by atoms with E-state index >= 15 is 0 Å². The van der Waals surface area contributed by atoms with Crippen LogP contribution in [0.1, 0.15) is 48.7 Å². The Morgan fingerprint density at radius 1 is 1.13 bits per heavy atom. The monoisotopic (exact) mass is 311 g/mol. The van der Waals surface area contributed by atoms with Crippen molar-refractivity contribution in [3.63, 3.8) is 0 Å². The number of ketones is 1. The zero-order valence-corrected chi connectivity index (χ0v) is 13.7. The smallest absolute Gasteiger partial charge is 0.160 e. The molecule has 0 N–H and O–H groups in total. The number of carbonyl (C=O) groups excluding carboxylic acids is 1. The number of nitrogens with zero attached hydrogens (tertiary/aromatic N) is 1. The standard InChI is InChI=1S/C20H22FNO/c1-14(22-10-3-4-11-22)16-6-5-7-17(12-16)20-13-18(21)8-9-19(20)15(2)23/h5-9,12-14H,3-4,10-11H2,1-2H3. The van der Waals surface area contributed by atoms with E-state index in [1.165, 1.54) is 37.5 Å². The summed E-state index contributed by atoms with van der Waals surface area (Å²) < 4.78 is 13.7. The zero-order chi connectivity index (χ0) is 16.4. The van der Waals surface area contributed by atoms with Gasteiger partial charge in [0.15, 0.2) is 5.78 Å². The van der Waals surface area contributed by atoms with Crippen LogP contribution in [0.2, 0.25) is 0 Å². The lowest BCUT2D eigenvalue weighted by Gasteiger charge is -2.24. The lowest BCUT2D eigenvalue weighted by molar-refractivity contribution is 0.101. The van der Waals surface area contributed by atoms with Gasteiger partial charge in [-0.25, -0.2) is 4.39 Å². The van der Waals surface area contributed by atoms with E-state index in [9.17, 15) is 9.18 Å². The van der Waals surface area contributed by atoms with Gasteiger partial charge in [-0.3, -0.25) is 9.69 Å². The van der Waals surface area contributed by atoms with Crippen molar-refractivity contribution < 1.29 is 9.18 Å². The third-order valence-electron chi connectivity index (χ3n) is 4.73. The van der Waals surface area contributed by atoms with Gasteiger partial charge in [-0.05, 0) is 80.7 Å². The first kappa shape index (κ1) is 15.9. The minimum absolute atomic E-state index is 0.0435. The third kappa shape index (κ3) is 3.35. The van der Waals surface area contributed by atoms with Crippen LogP contribution in [0.4, 0.5) is 4.39 Å². The van der Waals surface area contributed by atoms with E-state index in [2.05, 4.69) is 24.0 Å². The summed E-state index contributed by atoms with van der Waals surface area (Å²) in [7, 11) is 0. The predicted octanol–water partition coefficient (Wildman–Crippen LogP) is 4.85. The van der Waals surface area contributed by atoms with E-state index in [-0.39, 0.29) is 11.6 Å². The van der Waals surface area contributed by atoms with Crippen molar-refractivity contribution >= 4 is 5.78 Å². The van der Waals surface area contributed by atoms with Gasteiger partial charge in [-0.2, -0.15) is 0 Å². The second-order valence-electron chi connectivity index (χ2n) is 6.29. The summed E-state index contributed by atoms with van der Waals surface area (Å²) in [6.45, 7) is 5.99. The molecule has 1 aliphatic rings. The van der Waals surface area contributed by atoms with Gasteiger partial charge in [-0.1, -0.05) is 18.2 Å². The van der Waals surface area contributed by atoms with Gasteiger partial charge in [0.1, 0.15) is 5.82 Å². The molecule has 2 nitrogen and oxygen atoms in total. The van der Waals surface area contributed by atoms with Crippen LogP contribution in [-0.2, 0) is 0 Å². The summed E-state index contributed by atoms with van der Waals surface area (Å²) in [5.41, 5.74) is 3.35. The van der Waals surface area contributed by atoms with Crippen molar-refractivity contribution in [2.45, 2.75) is 32.7 Å². The summed E-state index contributed by atoms with van der Waals surface area (Å²) >= 11 is 0. The van der Waals surface area contributed by atoms with Gasteiger partial charge in [0, 0.05) is 11.6 Å². The molecule has 3 heteroatoms. The second-order valence-corrected chi connectivity index (χ2v) is 6.29. The molecule has 120 valence electrons. The minimum atomic E-state index is -0.317. The second kappa shape index (κ2) is 6.63. The van der Waals surface area contributed by atoms with Crippen LogP contribution in [0.15, 0.2) is 42.5 Å². The fourth-order valence-corrected chi connectivity index (χ4v) is 3.37. The Balaban J connectivity index is 2.00. The molecule has 2 aromatic rings. The molecule has 0 spiro atoms. The van der Waals surface area contributed by atoms with Gasteiger partial charge < -0.3 is 0 Å². The number of rotatable bonds is 4. The Labute approximate surface area is 136 Å². The summed E-state index contributed by atoms with van der Waals surface area (Å²) in [5, 5.41) is 0. The summed E-state index contributed by atoms with van der Waals surface area (Å²) in [6.07, 6.45) is 2.50. The molecule has 0 saturated carbocycles. The van der Waals surface area contributed by atoms with Crippen LogP contribution >= 0.6 is 0 Å². The van der Waals surface area contributed by atoms with E-state index in [1.54, 1.807) is 6.07 Å². The van der Waals surface area contributed by atoms with Gasteiger partial charge >= 0.3 is 0 Å². The molecule has 1 atom stereocenters. The quantitative estimate of drug-likeness (QED) is 0.752. The van der Waals surface area contributed by atoms with Gasteiger partial charge in [0.05, 0.1) is 0 Å². The molecule has 1 fully saturated rings. The van der Waals surface area contributed by atoms with E-state index < -0.39 is 0 Å². The van der Waals surface area contributed by atoms with E-state index in [1.807, 2.05) is 12.1 Å². The molecular weight excluding hydrogens is 289 g/mol. The number of halogens is 1. The van der Waals surface area contributed by atoms with Crippen LogP contribution in [-0.4, -0.2) is 23.8 Å². The number of hydrogen-bond donors (Lipinski definition) is 0. The molecule has 0 aromatic heterocycles. The fraction of sp³-hybridized carbons (Fsp3) is 0.350. The Hall–Kier alpha value is -2.00. The van der Waals surface area contributed by atoms with Crippen LogP contribution in [0, 0.1) is 5.82 Å². The molecule has 1 heterocycles. The van der Waals surface area contributed by atoms with Crippen molar-refractivity contribution in [1.82, 2.24) is 4.90 Å². The lowest BCUT2D eigenvalue weighted by Crippen LogP contribution is -2.23. The van der Waals surface area contributed by atoms with Gasteiger partial charge in [0.2, 0.25) is 0 Å². The average Bonchev–Trinajstić information content (AvgIpc) is 3.08. The first-order valence-electron chi connectivity index (χ1n) is 8.21. The SMILES string of the molecule is CC(=O)c1ccc(F)cc1-c1cccc(C(C)N2CCCC2)c1. The normalized spacial score (nSPS) is 16.5. The van der Waals surface area contributed by atoms with Crippen molar-refractivity contribution in [2.75, 3.05) is 13.1 Å². The van der Waals surface area contributed by atoms with E-state index in [0.29, 0.717) is 17.2 Å². The first-order valence-corrected chi connectivity index (χ1v) is 8.21. The Bertz CT molecular complexity index is 719. The molecule has 2 aromatic carbocycles. The number of hydrogen-bond acceptors (Lipinski definition) is 2. The molecule has 0 radical (unpaired) electrons. The van der Waals surface area contributed by atoms with Crippen LogP contribution < -0.4 is 0 Å². The summed E-state index contributed by atoms with van der Waals surface area (Å²) in [6, 6.07) is 12.8. The molecule has 1 aliphatic heterocycles. The van der Waals surface area contributed by atoms with Crippen LogP contribution in [0.5, 0.6) is 0 Å². The zero-order valence-electron chi connectivity index (χ0n) is 13.7. The maximum atomic E-state index is 13.7. The van der Waals surface area contributed by atoms with E-state index in [0.717, 1.165) is 18.7 Å². The van der Waals surface area contributed by atoms with Crippen molar-refractivity contribution in [3.8, 4) is 11.1 Å². The largest absolute Gasteiger partial charge is 0.297 e. The molecule has 0 bridgehead atoms. The maximum absolute atomic E-state index is 13.7. The number of likely N-dealkylation sites (tertiary alicyclic amines) is 1. The highest BCUT2D eigenvalue weighted by atomic mass is 19.1. The predicted molar refractivity (Wildman–Crippen MR) is 91.1 cm³/mol. The van der Waals surface area contributed by atoms with Crippen LogP contribution in [0.3, 0.4) is 0 Å². The Morgan fingerprint density at radius 3 is 2.57 bits per heavy atom. The molecule has 0 amide bonds. The maximum Gasteiger partial charge on any atom is 0.160 e. The minimum Gasteiger partial charge on any atom is -0.297 e. The Kier molecular flexibility index (Phi) is 4.58. The molecule has 23 heavy (non-hydrogen) atoms. The molecule has 3 rings (SSSR count). The third-order valence-corrected chi connectivity index (χ3v) is 4.73. The number of Topliss-reactive ketones (excluding diaryl/α,β-unsaturated/α-hetero) is 1. The highest BCUT2D eigenvalue weighted by molar-refractivity contribution is 6.00. The molecule has 0 aliphatic carbocycles. The molecule has 1 unspecified atom stereocenters. The topological polar surface area (TPSA) is 20.3 Å². The van der Waals surface area contributed by atoms with Gasteiger partial charge in [0.25, 0.3) is 0 Å².